The van der Waals surface area contributed by atoms with Crippen molar-refractivity contribution in [1.82, 2.24) is 20.3 Å². The Morgan fingerprint density at radius 3 is 2.67 bits per heavy atom. The van der Waals surface area contributed by atoms with E-state index < -0.39 is 0 Å². The number of nitrogens with zero attached hydrogens (tertiary/aromatic N) is 4. The van der Waals surface area contributed by atoms with Gasteiger partial charge in [-0.05, 0) is 48.6 Å². The van der Waals surface area contributed by atoms with E-state index >= 15 is 0 Å². The van der Waals surface area contributed by atoms with Crippen LogP contribution in [-0.2, 0) is 6.54 Å². The van der Waals surface area contributed by atoms with Gasteiger partial charge in [-0.3, -0.25) is 9.78 Å². The van der Waals surface area contributed by atoms with Gasteiger partial charge in [0.05, 0.1) is 16.8 Å². The molecule has 1 fully saturated rings. The highest BCUT2D eigenvalue weighted by Crippen LogP contribution is 2.28. The van der Waals surface area contributed by atoms with Gasteiger partial charge >= 0.3 is 0 Å². The van der Waals surface area contributed by atoms with Gasteiger partial charge in [0.15, 0.2) is 0 Å². The number of benzene rings is 1. The van der Waals surface area contributed by atoms with Crippen molar-refractivity contribution in [3.63, 3.8) is 0 Å². The van der Waals surface area contributed by atoms with Gasteiger partial charge in [-0.1, -0.05) is 6.07 Å². The van der Waals surface area contributed by atoms with Crippen LogP contribution >= 0.6 is 22.7 Å². The summed E-state index contributed by atoms with van der Waals surface area (Å²) in [6.07, 6.45) is 6.69. The molecule has 1 amide bonds. The van der Waals surface area contributed by atoms with Crippen LogP contribution in [0.1, 0.15) is 29.0 Å². The SMILES string of the molecule is O=C(Nc1ccc(N2CCC(NCc3csc(-c4cccs4)n3)CC2)cc1)c1cnccn1. The average Bonchev–Trinajstić information content (AvgIpc) is 3.56. The molecule has 0 atom stereocenters. The molecule has 0 saturated carbocycles. The van der Waals surface area contributed by atoms with Crippen molar-refractivity contribution in [2.45, 2.75) is 25.4 Å². The zero-order valence-corrected chi connectivity index (χ0v) is 19.6. The quantitative estimate of drug-likeness (QED) is 0.403. The third kappa shape index (κ3) is 5.44. The molecule has 0 unspecified atom stereocenters. The zero-order chi connectivity index (χ0) is 22.5. The number of nitrogens with one attached hydrogen (secondary N) is 2. The number of carbonyl (C=O) groups excluding carboxylic acids is 1. The largest absolute Gasteiger partial charge is 0.371 e. The zero-order valence-electron chi connectivity index (χ0n) is 18.0. The number of thiophene rings is 1. The molecule has 1 aliphatic rings. The fraction of sp³-hybridized carbons (Fsp3) is 0.250. The molecule has 1 aliphatic heterocycles. The Balaban J connectivity index is 1.09. The summed E-state index contributed by atoms with van der Waals surface area (Å²) >= 11 is 3.45. The van der Waals surface area contributed by atoms with Crippen molar-refractivity contribution in [2.24, 2.45) is 0 Å². The minimum Gasteiger partial charge on any atom is -0.371 e. The smallest absolute Gasteiger partial charge is 0.275 e. The maximum atomic E-state index is 12.2. The fourth-order valence-electron chi connectivity index (χ4n) is 3.86. The van der Waals surface area contributed by atoms with Crippen LogP contribution < -0.4 is 15.5 Å². The van der Waals surface area contributed by atoms with Crippen molar-refractivity contribution in [3.05, 3.63) is 77.1 Å². The summed E-state index contributed by atoms with van der Waals surface area (Å²) in [6, 6.07) is 12.7. The molecule has 4 aromatic rings. The first-order valence-corrected chi connectivity index (χ1v) is 12.6. The lowest BCUT2D eigenvalue weighted by molar-refractivity contribution is 0.102. The summed E-state index contributed by atoms with van der Waals surface area (Å²) in [5.41, 5.74) is 3.34. The molecule has 0 spiro atoms. The van der Waals surface area contributed by atoms with Gasteiger partial charge in [0.1, 0.15) is 10.7 Å². The van der Waals surface area contributed by atoms with Crippen LogP contribution in [0.15, 0.2) is 65.7 Å². The van der Waals surface area contributed by atoms with Gasteiger partial charge in [0.2, 0.25) is 0 Å². The number of aromatic nitrogens is 3. The van der Waals surface area contributed by atoms with E-state index in [-0.39, 0.29) is 5.91 Å². The molecule has 0 aliphatic carbocycles. The van der Waals surface area contributed by atoms with Crippen LogP contribution in [0.2, 0.25) is 0 Å². The molecule has 4 heterocycles. The van der Waals surface area contributed by atoms with Crippen LogP contribution in [0.4, 0.5) is 11.4 Å². The first-order chi connectivity index (χ1) is 16.2. The van der Waals surface area contributed by atoms with Crippen LogP contribution in [0.25, 0.3) is 9.88 Å². The first kappa shape index (κ1) is 21.7. The lowest BCUT2D eigenvalue weighted by atomic mass is 10.0. The molecule has 7 nitrogen and oxygen atoms in total. The lowest BCUT2D eigenvalue weighted by Gasteiger charge is -2.34. The van der Waals surface area contributed by atoms with Crippen LogP contribution in [0, 0.1) is 0 Å². The normalized spacial score (nSPS) is 14.4. The van der Waals surface area contributed by atoms with Crippen molar-refractivity contribution in [2.75, 3.05) is 23.3 Å². The Hall–Kier alpha value is -3.14. The second kappa shape index (κ2) is 10.2. The molecule has 5 rings (SSSR count). The second-order valence-electron chi connectivity index (χ2n) is 7.86. The topological polar surface area (TPSA) is 83.0 Å². The van der Waals surface area contributed by atoms with E-state index in [1.165, 1.54) is 23.0 Å². The van der Waals surface area contributed by atoms with Gasteiger partial charge in [-0.25, -0.2) is 9.97 Å². The number of thiazole rings is 1. The number of hydrogen-bond acceptors (Lipinski definition) is 8. The number of hydrogen-bond donors (Lipinski definition) is 2. The highest BCUT2D eigenvalue weighted by molar-refractivity contribution is 7.20. The molecule has 168 valence electrons. The average molecular weight is 477 g/mol. The summed E-state index contributed by atoms with van der Waals surface area (Å²) < 4.78 is 0. The summed E-state index contributed by atoms with van der Waals surface area (Å²) in [5.74, 6) is -0.259. The molecule has 1 saturated heterocycles. The monoisotopic (exact) mass is 476 g/mol. The Bertz CT molecular complexity index is 1170. The van der Waals surface area contributed by atoms with Crippen molar-refractivity contribution >= 4 is 40.0 Å². The number of anilines is 2. The van der Waals surface area contributed by atoms with Gasteiger partial charge < -0.3 is 15.5 Å². The summed E-state index contributed by atoms with van der Waals surface area (Å²) in [7, 11) is 0. The Kier molecular flexibility index (Phi) is 6.71. The molecule has 1 aromatic carbocycles. The van der Waals surface area contributed by atoms with E-state index in [1.807, 2.05) is 12.1 Å². The van der Waals surface area contributed by atoms with Crippen LogP contribution in [-0.4, -0.2) is 40.0 Å². The van der Waals surface area contributed by atoms with E-state index in [0.717, 1.165) is 48.9 Å². The van der Waals surface area contributed by atoms with Crippen molar-refractivity contribution < 1.29 is 4.79 Å². The third-order valence-corrected chi connectivity index (χ3v) is 7.57. The van der Waals surface area contributed by atoms with E-state index in [1.54, 1.807) is 28.9 Å². The number of piperidine rings is 1. The second-order valence-corrected chi connectivity index (χ2v) is 9.66. The van der Waals surface area contributed by atoms with E-state index in [9.17, 15) is 4.79 Å². The minimum absolute atomic E-state index is 0.259. The van der Waals surface area contributed by atoms with Crippen LogP contribution in [0.5, 0.6) is 0 Å². The maximum absolute atomic E-state index is 12.2. The summed E-state index contributed by atoms with van der Waals surface area (Å²) in [6.45, 7) is 2.81. The maximum Gasteiger partial charge on any atom is 0.275 e. The van der Waals surface area contributed by atoms with Gasteiger partial charge in [-0.15, -0.1) is 22.7 Å². The van der Waals surface area contributed by atoms with Gasteiger partial charge in [0, 0.05) is 54.8 Å². The Morgan fingerprint density at radius 2 is 1.94 bits per heavy atom. The van der Waals surface area contributed by atoms with Crippen molar-refractivity contribution in [3.8, 4) is 9.88 Å². The number of rotatable bonds is 7. The predicted octanol–water partition coefficient (Wildman–Crippen LogP) is 4.67. The summed E-state index contributed by atoms with van der Waals surface area (Å²) in [5, 5.41) is 11.9. The van der Waals surface area contributed by atoms with E-state index in [4.69, 9.17) is 4.98 Å². The van der Waals surface area contributed by atoms with Gasteiger partial charge in [0.25, 0.3) is 5.91 Å². The molecule has 0 radical (unpaired) electrons. The molecule has 33 heavy (non-hydrogen) atoms. The lowest BCUT2D eigenvalue weighted by Crippen LogP contribution is -2.42. The molecule has 9 heteroatoms. The van der Waals surface area contributed by atoms with Crippen molar-refractivity contribution in [1.29, 1.82) is 0 Å². The third-order valence-electron chi connectivity index (χ3n) is 5.64. The number of amides is 1. The summed E-state index contributed by atoms with van der Waals surface area (Å²) in [4.78, 5) is 28.6. The standard InChI is InChI=1S/C24H24N6OS2/c31-23(21-15-25-9-10-26-21)28-18-3-5-20(6-4-18)30-11-7-17(8-12-30)27-14-19-16-33-24(29-19)22-2-1-13-32-22/h1-6,9-10,13,15-17,27H,7-8,11-12,14H2,(H,28,31). The molecule has 2 N–H and O–H groups in total. The Morgan fingerprint density at radius 1 is 1.09 bits per heavy atom. The molecule has 3 aromatic heterocycles. The molecular formula is C24H24N6OS2. The first-order valence-electron chi connectivity index (χ1n) is 10.9. The van der Waals surface area contributed by atoms with E-state index in [2.05, 4.69) is 60.5 Å². The van der Waals surface area contributed by atoms with E-state index in [0.29, 0.717) is 11.7 Å². The molecular weight excluding hydrogens is 452 g/mol. The van der Waals surface area contributed by atoms with Crippen LogP contribution in [0.3, 0.4) is 0 Å². The van der Waals surface area contributed by atoms with Gasteiger partial charge in [-0.2, -0.15) is 0 Å². The number of carbonyl (C=O) groups is 1. The highest BCUT2D eigenvalue weighted by Gasteiger charge is 2.19. The predicted molar refractivity (Wildman–Crippen MR) is 134 cm³/mol. The fourth-order valence-corrected chi connectivity index (χ4v) is 5.49. The minimum atomic E-state index is -0.259. The highest BCUT2D eigenvalue weighted by atomic mass is 32.1. The molecule has 0 bridgehead atoms. The Labute approximate surface area is 200 Å².